The van der Waals surface area contributed by atoms with E-state index in [1.54, 1.807) is 0 Å². The highest BCUT2D eigenvalue weighted by Gasteiger charge is 2.53. The van der Waals surface area contributed by atoms with E-state index in [0.29, 0.717) is 5.92 Å². The van der Waals surface area contributed by atoms with Crippen LogP contribution in [0.3, 0.4) is 0 Å². The van der Waals surface area contributed by atoms with Gasteiger partial charge in [0.15, 0.2) is 0 Å². The number of nitrogens with one attached hydrogen (secondary N) is 1. The molecule has 1 heterocycles. The molecule has 0 unspecified atom stereocenters. The molecule has 30 heavy (non-hydrogen) atoms. The van der Waals surface area contributed by atoms with Gasteiger partial charge in [-0.3, -0.25) is 0 Å². The van der Waals surface area contributed by atoms with Crippen LogP contribution in [0.15, 0.2) is 24.3 Å². The normalized spacial score (nSPS) is 30.0. The minimum atomic E-state index is -0.508. The predicted octanol–water partition coefficient (Wildman–Crippen LogP) is 4.53. The van der Waals surface area contributed by atoms with Crippen molar-refractivity contribution in [3.8, 4) is 0 Å². The highest BCUT2D eigenvalue weighted by molar-refractivity contribution is 6.62. The summed E-state index contributed by atoms with van der Waals surface area (Å²) >= 11 is 0. The topological polar surface area (TPSA) is 56.8 Å². The second kappa shape index (κ2) is 6.99. The van der Waals surface area contributed by atoms with Gasteiger partial charge in [0.2, 0.25) is 0 Å². The van der Waals surface area contributed by atoms with Crippen LogP contribution in [0.4, 0.5) is 4.79 Å². The van der Waals surface area contributed by atoms with E-state index < -0.39 is 5.60 Å². The van der Waals surface area contributed by atoms with Gasteiger partial charge in [0.1, 0.15) is 5.60 Å². The summed E-state index contributed by atoms with van der Waals surface area (Å²) in [5, 5.41) is 3.21. The van der Waals surface area contributed by atoms with E-state index in [-0.39, 0.29) is 30.0 Å². The van der Waals surface area contributed by atoms with Gasteiger partial charge in [0.25, 0.3) is 0 Å². The Hall–Kier alpha value is -1.53. The monoisotopic (exact) mass is 413 g/mol. The fourth-order valence-electron chi connectivity index (χ4n) is 4.58. The average Bonchev–Trinajstić information content (AvgIpc) is 3.36. The molecule has 3 aliphatic rings. The molecule has 0 bridgehead atoms. The Morgan fingerprint density at radius 1 is 1.00 bits per heavy atom. The molecule has 5 nitrogen and oxygen atoms in total. The van der Waals surface area contributed by atoms with E-state index in [9.17, 15) is 4.79 Å². The molecule has 1 aromatic carbocycles. The van der Waals surface area contributed by atoms with Crippen molar-refractivity contribution < 1.29 is 18.8 Å². The van der Waals surface area contributed by atoms with E-state index in [1.165, 1.54) is 12.8 Å². The lowest BCUT2D eigenvalue weighted by atomic mass is 9.62. The van der Waals surface area contributed by atoms with E-state index in [1.807, 2.05) is 20.8 Å². The molecule has 0 spiro atoms. The Morgan fingerprint density at radius 3 is 2.00 bits per heavy atom. The number of rotatable bonds is 4. The summed E-state index contributed by atoms with van der Waals surface area (Å²) in [7, 11) is -0.376. The van der Waals surface area contributed by atoms with Crippen LogP contribution in [0.25, 0.3) is 0 Å². The molecule has 0 atom stereocenters. The first-order valence-corrected chi connectivity index (χ1v) is 11.3. The summed E-state index contributed by atoms with van der Waals surface area (Å²) in [4.78, 5) is 12.6. The van der Waals surface area contributed by atoms with Crippen LogP contribution in [-0.2, 0) is 19.6 Å². The first-order valence-electron chi connectivity index (χ1n) is 11.3. The standard InChI is InChI=1S/C24H36BNO4/c1-21(2,3)28-20(27)26-24(14-17(15-24)16-8-9-16)18-10-12-19(13-11-18)25-29-22(4,5)23(6,7)30-25/h10-13,16-17H,8-9,14-15H2,1-7H3,(H,26,27). The predicted molar refractivity (Wildman–Crippen MR) is 119 cm³/mol. The van der Waals surface area contributed by atoms with Crippen LogP contribution in [0.1, 0.15) is 79.7 Å². The highest BCUT2D eigenvalue weighted by atomic mass is 16.7. The Balaban J connectivity index is 1.51. The molecule has 2 aliphatic carbocycles. The minimum Gasteiger partial charge on any atom is -0.444 e. The maximum absolute atomic E-state index is 12.6. The number of hydrogen-bond acceptors (Lipinski definition) is 4. The third-order valence-electron chi connectivity index (χ3n) is 7.24. The number of carbonyl (C=O) groups is 1. The van der Waals surface area contributed by atoms with Gasteiger partial charge in [-0.15, -0.1) is 0 Å². The van der Waals surface area contributed by atoms with Crippen molar-refractivity contribution in [1.82, 2.24) is 5.32 Å². The number of amides is 1. The van der Waals surface area contributed by atoms with Gasteiger partial charge in [-0.25, -0.2) is 4.79 Å². The van der Waals surface area contributed by atoms with Gasteiger partial charge in [-0.05, 0) is 97.0 Å². The average molecular weight is 413 g/mol. The Labute approximate surface area is 181 Å². The van der Waals surface area contributed by atoms with E-state index in [0.717, 1.165) is 29.8 Å². The zero-order valence-electron chi connectivity index (χ0n) is 19.5. The molecule has 1 N–H and O–H groups in total. The lowest BCUT2D eigenvalue weighted by Gasteiger charge is -2.49. The lowest BCUT2D eigenvalue weighted by Crippen LogP contribution is -2.56. The molecule has 1 saturated heterocycles. The maximum atomic E-state index is 12.6. The summed E-state index contributed by atoms with van der Waals surface area (Å²) in [6, 6.07) is 8.36. The first kappa shape index (κ1) is 21.7. The number of ether oxygens (including phenoxy) is 1. The van der Waals surface area contributed by atoms with Gasteiger partial charge in [0.05, 0.1) is 16.7 Å². The Bertz CT molecular complexity index is 785. The van der Waals surface area contributed by atoms with Crippen molar-refractivity contribution in [1.29, 1.82) is 0 Å². The van der Waals surface area contributed by atoms with Crippen molar-refractivity contribution in [2.45, 2.75) is 96.5 Å². The van der Waals surface area contributed by atoms with Crippen LogP contribution in [0, 0.1) is 11.8 Å². The second-order valence-electron chi connectivity index (χ2n) is 11.4. The number of benzene rings is 1. The van der Waals surface area contributed by atoms with Crippen molar-refractivity contribution in [2.24, 2.45) is 11.8 Å². The van der Waals surface area contributed by atoms with Gasteiger partial charge >= 0.3 is 13.2 Å². The van der Waals surface area contributed by atoms with Crippen molar-refractivity contribution >= 4 is 18.7 Å². The maximum Gasteiger partial charge on any atom is 0.494 e. The molecular formula is C24H36BNO4. The summed E-state index contributed by atoms with van der Waals surface area (Å²) in [5.74, 6) is 1.53. The summed E-state index contributed by atoms with van der Waals surface area (Å²) in [6.45, 7) is 13.9. The molecule has 0 radical (unpaired) electrons. The lowest BCUT2D eigenvalue weighted by molar-refractivity contribution is 0.00578. The summed E-state index contributed by atoms with van der Waals surface area (Å²) in [6.07, 6.45) is 4.27. The van der Waals surface area contributed by atoms with Gasteiger partial charge in [0, 0.05) is 0 Å². The van der Waals surface area contributed by atoms with Crippen molar-refractivity contribution in [2.75, 3.05) is 0 Å². The minimum absolute atomic E-state index is 0.341. The van der Waals surface area contributed by atoms with Crippen molar-refractivity contribution in [3.05, 3.63) is 29.8 Å². The van der Waals surface area contributed by atoms with Gasteiger partial charge in [-0.2, -0.15) is 0 Å². The van der Waals surface area contributed by atoms with Crippen LogP contribution in [-0.4, -0.2) is 30.0 Å². The molecule has 3 fully saturated rings. The molecule has 1 amide bonds. The molecule has 2 saturated carbocycles. The van der Waals surface area contributed by atoms with Crippen LogP contribution >= 0.6 is 0 Å². The van der Waals surface area contributed by atoms with E-state index in [2.05, 4.69) is 57.3 Å². The fourth-order valence-corrected chi connectivity index (χ4v) is 4.58. The van der Waals surface area contributed by atoms with E-state index >= 15 is 0 Å². The fraction of sp³-hybridized carbons (Fsp3) is 0.708. The first-order chi connectivity index (χ1) is 13.8. The Morgan fingerprint density at radius 2 is 1.53 bits per heavy atom. The largest absolute Gasteiger partial charge is 0.494 e. The molecule has 1 aliphatic heterocycles. The molecule has 0 aromatic heterocycles. The number of hydrogen-bond donors (Lipinski definition) is 1. The third-order valence-corrected chi connectivity index (χ3v) is 7.24. The zero-order chi connectivity index (χ0) is 21.9. The summed E-state index contributed by atoms with van der Waals surface area (Å²) in [5.41, 5.74) is 0.562. The Kier molecular flexibility index (Phi) is 5.06. The molecule has 6 heteroatoms. The number of alkyl carbamates (subject to hydrolysis) is 1. The third kappa shape index (κ3) is 4.13. The zero-order valence-corrected chi connectivity index (χ0v) is 19.5. The van der Waals surface area contributed by atoms with Crippen LogP contribution in [0.5, 0.6) is 0 Å². The quantitative estimate of drug-likeness (QED) is 0.738. The van der Waals surface area contributed by atoms with Crippen LogP contribution < -0.4 is 10.8 Å². The van der Waals surface area contributed by atoms with Crippen LogP contribution in [0.2, 0.25) is 0 Å². The second-order valence-corrected chi connectivity index (χ2v) is 11.4. The van der Waals surface area contributed by atoms with E-state index in [4.69, 9.17) is 14.0 Å². The highest BCUT2D eigenvalue weighted by Crippen LogP contribution is 2.55. The SMILES string of the molecule is CC(C)(C)OC(=O)NC1(c2ccc(B3OC(C)(C)C(C)(C)O3)cc2)CC(C2CC2)C1. The molecular weight excluding hydrogens is 377 g/mol. The summed E-state index contributed by atoms with van der Waals surface area (Å²) < 4.78 is 17.9. The molecule has 4 rings (SSSR count). The molecule has 1 aromatic rings. The smallest absolute Gasteiger partial charge is 0.444 e. The van der Waals surface area contributed by atoms with Gasteiger partial charge in [-0.1, -0.05) is 24.3 Å². The number of carbonyl (C=O) groups excluding carboxylic acids is 1. The van der Waals surface area contributed by atoms with Gasteiger partial charge < -0.3 is 19.4 Å². The van der Waals surface area contributed by atoms with Crippen molar-refractivity contribution in [3.63, 3.8) is 0 Å². The molecule has 164 valence electrons.